The third kappa shape index (κ3) is 4.96. The molecule has 0 amide bonds. The number of nitrogens with zero attached hydrogens (tertiary/aromatic N) is 3. The molecule has 3 rings (SSSR count). The summed E-state index contributed by atoms with van der Waals surface area (Å²) in [6, 6.07) is 18.1. The third-order valence-electron chi connectivity index (χ3n) is 4.32. The molecule has 6 heteroatoms. The number of aliphatic imine (C=N–C) groups is 1. The molecule has 0 radical (unpaired) electrons. The first kappa shape index (κ1) is 20.9. The second-order valence-corrected chi connectivity index (χ2v) is 8.19. The van der Waals surface area contributed by atoms with Gasteiger partial charge in [-0.3, -0.25) is 14.2 Å². The van der Waals surface area contributed by atoms with Crippen molar-refractivity contribution < 1.29 is 0 Å². The van der Waals surface area contributed by atoms with E-state index in [0.29, 0.717) is 0 Å². The van der Waals surface area contributed by atoms with Gasteiger partial charge in [-0.15, -0.1) is 0 Å². The summed E-state index contributed by atoms with van der Waals surface area (Å²) < 4.78 is 2.12. The normalized spacial score (nSPS) is 16.3. The number of halogens is 1. The lowest BCUT2D eigenvalue weighted by Crippen LogP contribution is -2.30. The van der Waals surface area contributed by atoms with Crippen molar-refractivity contribution in [3.63, 3.8) is 0 Å². The number of rotatable bonds is 7. The molecule has 1 saturated heterocycles. The fraction of sp³-hybridized carbons (Fsp3) is 0.273. The third-order valence-corrected chi connectivity index (χ3v) is 6.23. The summed E-state index contributed by atoms with van der Waals surface area (Å²) in [5.41, 5.74) is 3.07. The molecule has 0 saturated carbocycles. The van der Waals surface area contributed by atoms with E-state index in [9.17, 15) is 0 Å². The van der Waals surface area contributed by atoms with Gasteiger partial charge in [0.05, 0.1) is 5.71 Å². The zero-order chi connectivity index (χ0) is 19.9. The molecule has 0 atom stereocenters. The SMILES string of the molecule is CCCCN=C(/C=C1\SN(CC)C(=S)N1c1ccccc1)c1ccc(Cl)cc1. The molecule has 0 bridgehead atoms. The molecule has 0 aromatic heterocycles. The van der Waals surface area contributed by atoms with Gasteiger partial charge >= 0.3 is 0 Å². The maximum Gasteiger partial charge on any atom is 0.191 e. The summed E-state index contributed by atoms with van der Waals surface area (Å²) in [5.74, 6) is 0. The van der Waals surface area contributed by atoms with Gasteiger partial charge < -0.3 is 0 Å². The lowest BCUT2D eigenvalue weighted by atomic mass is 10.1. The minimum absolute atomic E-state index is 0.726. The standard InChI is InChI=1S/C22H24ClN3S2/c1-3-5-15-24-20(17-11-13-18(23)14-12-17)16-21-26(19-9-7-6-8-10-19)22(27)25(4-2)28-21/h6-14,16H,3-5,15H2,1-2H3/b21-16-,24-20?. The Bertz CT molecular complexity index is 863. The van der Waals surface area contributed by atoms with E-state index in [1.54, 1.807) is 11.9 Å². The summed E-state index contributed by atoms with van der Waals surface area (Å²) in [7, 11) is 0. The predicted octanol–water partition coefficient (Wildman–Crippen LogP) is 6.55. The highest BCUT2D eigenvalue weighted by atomic mass is 35.5. The summed E-state index contributed by atoms with van der Waals surface area (Å²) in [6.45, 7) is 5.93. The second-order valence-electron chi connectivity index (χ2n) is 6.35. The molecule has 0 N–H and O–H groups in total. The number of hydrogen-bond donors (Lipinski definition) is 0. The Labute approximate surface area is 182 Å². The monoisotopic (exact) mass is 429 g/mol. The van der Waals surface area contributed by atoms with Gasteiger partial charge in [0.1, 0.15) is 5.03 Å². The molecule has 0 spiro atoms. The summed E-state index contributed by atoms with van der Waals surface area (Å²) in [6.07, 6.45) is 4.32. The minimum Gasteiger partial charge on any atom is -0.287 e. The largest absolute Gasteiger partial charge is 0.287 e. The van der Waals surface area contributed by atoms with E-state index in [1.165, 1.54) is 0 Å². The van der Waals surface area contributed by atoms with Gasteiger partial charge in [0.25, 0.3) is 0 Å². The Balaban J connectivity index is 2.02. The number of thiocarbonyl (C=S) groups is 1. The molecule has 0 unspecified atom stereocenters. The number of benzene rings is 2. The van der Waals surface area contributed by atoms with Gasteiger partial charge in [-0.25, -0.2) is 0 Å². The number of para-hydroxylation sites is 1. The fourth-order valence-electron chi connectivity index (χ4n) is 2.82. The molecule has 28 heavy (non-hydrogen) atoms. The van der Waals surface area contributed by atoms with Crippen LogP contribution in [0.4, 0.5) is 5.69 Å². The van der Waals surface area contributed by atoms with E-state index >= 15 is 0 Å². The summed E-state index contributed by atoms with van der Waals surface area (Å²) >= 11 is 13.5. The maximum absolute atomic E-state index is 6.08. The van der Waals surface area contributed by atoms with Gasteiger partial charge in [0, 0.05) is 35.7 Å². The van der Waals surface area contributed by atoms with Crippen LogP contribution in [0.5, 0.6) is 0 Å². The van der Waals surface area contributed by atoms with Crippen LogP contribution in [0.15, 0.2) is 70.7 Å². The Morgan fingerprint density at radius 3 is 2.46 bits per heavy atom. The van der Waals surface area contributed by atoms with E-state index in [2.05, 4.69) is 41.3 Å². The van der Waals surface area contributed by atoms with Crippen LogP contribution < -0.4 is 4.90 Å². The molecule has 3 nitrogen and oxygen atoms in total. The van der Waals surface area contributed by atoms with E-state index in [4.69, 9.17) is 28.8 Å². The van der Waals surface area contributed by atoms with Gasteiger partial charge in [-0.05, 0) is 61.5 Å². The molecular weight excluding hydrogens is 406 g/mol. The maximum atomic E-state index is 6.08. The van der Waals surface area contributed by atoms with E-state index < -0.39 is 0 Å². The first-order chi connectivity index (χ1) is 13.6. The van der Waals surface area contributed by atoms with Crippen molar-refractivity contribution in [1.82, 2.24) is 4.31 Å². The molecular formula is C22H24ClN3S2. The van der Waals surface area contributed by atoms with Crippen molar-refractivity contribution in [3.05, 3.63) is 76.3 Å². The molecule has 0 aliphatic carbocycles. The molecule has 1 heterocycles. The van der Waals surface area contributed by atoms with Crippen LogP contribution in [0.2, 0.25) is 5.02 Å². The van der Waals surface area contributed by atoms with Crippen LogP contribution in [-0.4, -0.2) is 28.2 Å². The van der Waals surface area contributed by atoms with E-state index in [-0.39, 0.29) is 0 Å². The summed E-state index contributed by atoms with van der Waals surface area (Å²) in [5, 5.41) is 2.58. The Morgan fingerprint density at radius 1 is 1.11 bits per heavy atom. The smallest absolute Gasteiger partial charge is 0.191 e. The molecule has 2 aromatic rings. The molecule has 1 aliphatic rings. The van der Waals surface area contributed by atoms with Crippen molar-refractivity contribution >= 4 is 52.3 Å². The predicted molar refractivity (Wildman–Crippen MR) is 127 cm³/mol. The lowest BCUT2D eigenvalue weighted by Gasteiger charge is -2.19. The highest BCUT2D eigenvalue weighted by molar-refractivity contribution is 8.03. The van der Waals surface area contributed by atoms with Crippen molar-refractivity contribution in [1.29, 1.82) is 0 Å². The lowest BCUT2D eigenvalue weighted by molar-refractivity contribution is 0.732. The average Bonchev–Trinajstić information content (AvgIpc) is 3.03. The summed E-state index contributed by atoms with van der Waals surface area (Å²) in [4.78, 5) is 7.00. The Kier molecular flexibility index (Phi) is 7.54. The first-order valence-corrected chi connectivity index (χ1v) is 11.1. The van der Waals surface area contributed by atoms with Crippen LogP contribution in [0, 0.1) is 0 Å². The number of hydrogen-bond acceptors (Lipinski definition) is 3. The van der Waals surface area contributed by atoms with Crippen molar-refractivity contribution in [3.8, 4) is 0 Å². The second kappa shape index (κ2) is 10.1. The van der Waals surface area contributed by atoms with Crippen LogP contribution >= 0.6 is 35.8 Å². The van der Waals surface area contributed by atoms with Crippen molar-refractivity contribution in [2.24, 2.45) is 4.99 Å². The topological polar surface area (TPSA) is 18.8 Å². The minimum atomic E-state index is 0.726. The highest BCUT2D eigenvalue weighted by Crippen LogP contribution is 2.38. The molecule has 2 aromatic carbocycles. The first-order valence-electron chi connectivity index (χ1n) is 9.50. The van der Waals surface area contributed by atoms with Crippen LogP contribution in [0.25, 0.3) is 0 Å². The zero-order valence-corrected chi connectivity index (χ0v) is 18.5. The Morgan fingerprint density at radius 2 is 1.82 bits per heavy atom. The van der Waals surface area contributed by atoms with E-state index in [1.807, 2.05) is 42.5 Å². The zero-order valence-electron chi connectivity index (χ0n) is 16.1. The van der Waals surface area contributed by atoms with Gasteiger partial charge in [0.2, 0.25) is 0 Å². The van der Waals surface area contributed by atoms with Crippen molar-refractivity contribution in [2.45, 2.75) is 26.7 Å². The quantitative estimate of drug-likeness (QED) is 0.215. The van der Waals surface area contributed by atoms with Gasteiger partial charge in [-0.2, -0.15) is 0 Å². The average molecular weight is 430 g/mol. The molecule has 1 fully saturated rings. The van der Waals surface area contributed by atoms with E-state index in [0.717, 1.165) is 58.1 Å². The van der Waals surface area contributed by atoms with Gasteiger partial charge in [-0.1, -0.05) is 55.3 Å². The number of unbranched alkanes of at least 4 members (excludes halogenated alkanes) is 1. The van der Waals surface area contributed by atoms with Crippen LogP contribution in [-0.2, 0) is 0 Å². The molecule has 1 aliphatic heterocycles. The van der Waals surface area contributed by atoms with Crippen LogP contribution in [0.1, 0.15) is 32.3 Å². The number of allylic oxidation sites excluding steroid dienone is 1. The van der Waals surface area contributed by atoms with Crippen LogP contribution in [0.3, 0.4) is 0 Å². The Hall–Kier alpha value is -1.82. The number of anilines is 1. The highest BCUT2D eigenvalue weighted by Gasteiger charge is 2.31. The molecule has 146 valence electrons. The van der Waals surface area contributed by atoms with Gasteiger partial charge in [0.15, 0.2) is 5.11 Å². The van der Waals surface area contributed by atoms with Crippen molar-refractivity contribution in [2.75, 3.05) is 18.0 Å². The fourth-order valence-corrected chi connectivity index (χ4v) is 4.40.